The van der Waals surface area contributed by atoms with Crippen LogP contribution in [0.1, 0.15) is 22.5 Å². The number of carbonyl (C=O) groups is 2. The fourth-order valence-corrected chi connectivity index (χ4v) is 3.13. The number of benzene rings is 1. The van der Waals surface area contributed by atoms with Crippen LogP contribution in [0, 0.1) is 13.8 Å². The second kappa shape index (κ2) is 8.01. The minimum Gasteiger partial charge on any atom is -0.481 e. The quantitative estimate of drug-likeness (QED) is 0.804. The molecule has 1 aromatic heterocycles. The summed E-state index contributed by atoms with van der Waals surface area (Å²) in [6, 6.07) is 7.47. The fourth-order valence-electron chi connectivity index (χ4n) is 2.43. The van der Waals surface area contributed by atoms with Crippen molar-refractivity contribution in [2.45, 2.75) is 26.0 Å². The van der Waals surface area contributed by atoms with Crippen molar-refractivity contribution < 1.29 is 14.7 Å². The van der Waals surface area contributed by atoms with Crippen LogP contribution >= 0.6 is 11.8 Å². The summed E-state index contributed by atoms with van der Waals surface area (Å²) in [5.41, 5.74) is 4.49. The van der Waals surface area contributed by atoms with Crippen molar-refractivity contribution in [3.63, 3.8) is 0 Å². The summed E-state index contributed by atoms with van der Waals surface area (Å²) in [7, 11) is 1.86. The van der Waals surface area contributed by atoms with Crippen molar-refractivity contribution in [3.8, 4) is 0 Å². The first kappa shape index (κ1) is 18.1. The van der Waals surface area contributed by atoms with Crippen molar-refractivity contribution in [3.05, 3.63) is 46.8 Å². The zero-order valence-corrected chi connectivity index (χ0v) is 14.8. The monoisotopic (exact) mass is 347 g/mol. The Labute approximate surface area is 145 Å². The molecule has 0 unspecified atom stereocenters. The Kier molecular flexibility index (Phi) is 6.03. The SMILES string of the molecule is Cc1nn(C)c(C)c1CC(=O)Nc1cccc(CSCC(=O)O)c1. The molecule has 7 heteroatoms. The van der Waals surface area contributed by atoms with Crippen LogP contribution in [0.15, 0.2) is 24.3 Å². The summed E-state index contributed by atoms with van der Waals surface area (Å²) >= 11 is 1.33. The van der Waals surface area contributed by atoms with Crippen molar-refractivity contribution in [2.24, 2.45) is 7.05 Å². The van der Waals surface area contributed by atoms with Gasteiger partial charge < -0.3 is 10.4 Å². The molecular weight excluding hydrogens is 326 g/mol. The molecule has 0 aliphatic heterocycles. The van der Waals surface area contributed by atoms with Crippen LogP contribution in [-0.2, 0) is 28.8 Å². The molecule has 0 saturated heterocycles. The summed E-state index contributed by atoms with van der Waals surface area (Å²) in [5, 5.41) is 15.9. The number of hydrogen-bond donors (Lipinski definition) is 2. The summed E-state index contributed by atoms with van der Waals surface area (Å²) in [5.74, 6) is -0.260. The van der Waals surface area contributed by atoms with Gasteiger partial charge in [0.25, 0.3) is 0 Å². The van der Waals surface area contributed by atoms with E-state index < -0.39 is 5.97 Å². The van der Waals surface area contributed by atoms with Gasteiger partial charge >= 0.3 is 5.97 Å². The standard InChI is InChI=1S/C17H21N3O3S/c1-11-15(12(2)20(3)19-11)8-16(21)18-14-6-4-5-13(7-14)9-24-10-17(22)23/h4-7H,8-10H2,1-3H3,(H,18,21)(H,22,23). The number of aliphatic carboxylic acids is 1. The molecule has 2 aromatic rings. The highest BCUT2D eigenvalue weighted by molar-refractivity contribution is 7.99. The molecule has 0 saturated carbocycles. The highest BCUT2D eigenvalue weighted by atomic mass is 32.2. The molecule has 6 nitrogen and oxygen atoms in total. The van der Waals surface area contributed by atoms with Crippen molar-refractivity contribution in [1.82, 2.24) is 9.78 Å². The maximum atomic E-state index is 12.3. The molecule has 0 radical (unpaired) electrons. The number of hydrogen-bond acceptors (Lipinski definition) is 4. The highest BCUT2D eigenvalue weighted by Gasteiger charge is 2.13. The Morgan fingerprint density at radius 3 is 2.71 bits per heavy atom. The number of rotatable bonds is 7. The number of aryl methyl sites for hydroxylation is 2. The van der Waals surface area contributed by atoms with Crippen LogP contribution in [0.2, 0.25) is 0 Å². The van der Waals surface area contributed by atoms with Gasteiger partial charge in [-0.25, -0.2) is 0 Å². The van der Waals surface area contributed by atoms with E-state index in [1.807, 2.05) is 45.2 Å². The van der Waals surface area contributed by atoms with E-state index in [0.29, 0.717) is 11.4 Å². The number of anilines is 1. The van der Waals surface area contributed by atoms with E-state index in [1.54, 1.807) is 4.68 Å². The van der Waals surface area contributed by atoms with Crippen LogP contribution in [-0.4, -0.2) is 32.5 Å². The lowest BCUT2D eigenvalue weighted by Crippen LogP contribution is -2.15. The largest absolute Gasteiger partial charge is 0.481 e. The number of amides is 1. The molecule has 128 valence electrons. The van der Waals surface area contributed by atoms with Gasteiger partial charge in [-0.15, -0.1) is 11.8 Å². The van der Waals surface area contributed by atoms with Gasteiger partial charge in [-0.3, -0.25) is 14.3 Å². The average Bonchev–Trinajstić information content (AvgIpc) is 2.74. The van der Waals surface area contributed by atoms with Gasteiger partial charge in [0.1, 0.15) is 0 Å². The summed E-state index contributed by atoms with van der Waals surface area (Å²) in [6.07, 6.45) is 0.281. The zero-order valence-electron chi connectivity index (χ0n) is 14.0. The Hall–Kier alpha value is -2.28. The molecule has 0 aliphatic carbocycles. The molecule has 1 heterocycles. The molecule has 24 heavy (non-hydrogen) atoms. The Morgan fingerprint density at radius 2 is 2.08 bits per heavy atom. The van der Waals surface area contributed by atoms with E-state index in [2.05, 4.69) is 10.4 Å². The lowest BCUT2D eigenvalue weighted by atomic mass is 10.1. The van der Waals surface area contributed by atoms with Gasteiger partial charge in [-0.05, 0) is 31.5 Å². The summed E-state index contributed by atoms with van der Waals surface area (Å²) in [4.78, 5) is 22.8. The zero-order chi connectivity index (χ0) is 17.7. The molecular formula is C17H21N3O3S. The third-order valence-electron chi connectivity index (χ3n) is 3.70. The minimum absolute atomic E-state index is 0.0656. The average molecular weight is 347 g/mol. The maximum absolute atomic E-state index is 12.3. The van der Waals surface area contributed by atoms with Crippen molar-refractivity contribution in [2.75, 3.05) is 11.1 Å². The molecule has 0 spiro atoms. The van der Waals surface area contributed by atoms with Gasteiger partial charge in [0.15, 0.2) is 0 Å². The minimum atomic E-state index is -0.827. The van der Waals surface area contributed by atoms with Crippen molar-refractivity contribution in [1.29, 1.82) is 0 Å². The third-order valence-corrected chi connectivity index (χ3v) is 4.69. The third kappa shape index (κ3) is 4.86. The second-order valence-electron chi connectivity index (χ2n) is 5.58. The number of nitrogens with one attached hydrogen (secondary N) is 1. The van der Waals surface area contributed by atoms with Gasteiger partial charge in [-0.2, -0.15) is 5.10 Å². The van der Waals surface area contributed by atoms with Crippen LogP contribution in [0.3, 0.4) is 0 Å². The Balaban J connectivity index is 1.97. The van der Waals surface area contributed by atoms with E-state index in [9.17, 15) is 9.59 Å². The fraction of sp³-hybridized carbons (Fsp3) is 0.353. The van der Waals surface area contributed by atoms with Crippen LogP contribution in [0.5, 0.6) is 0 Å². The predicted octanol–water partition coefficient (Wildman–Crippen LogP) is 2.54. The van der Waals surface area contributed by atoms with Gasteiger partial charge in [0.2, 0.25) is 5.91 Å². The van der Waals surface area contributed by atoms with Gasteiger partial charge in [0, 0.05) is 29.7 Å². The molecule has 0 atom stereocenters. The smallest absolute Gasteiger partial charge is 0.313 e. The van der Waals surface area contributed by atoms with E-state index in [1.165, 1.54) is 11.8 Å². The number of thioether (sulfide) groups is 1. The van der Waals surface area contributed by atoms with Gasteiger partial charge in [0.05, 0.1) is 17.9 Å². The highest BCUT2D eigenvalue weighted by Crippen LogP contribution is 2.18. The first-order valence-corrected chi connectivity index (χ1v) is 8.69. The van der Waals surface area contributed by atoms with Crippen LogP contribution in [0.25, 0.3) is 0 Å². The first-order chi connectivity index (χ1) is 11.4. The van der Waals surface area contributed by atoms with Crippen LogP contribution in [0.4, 0.5) is 5.69 Å². The van der Waals surface area contributed by atoms with E-state index in [-0.39, 0.29) is 18.1 Å². The second-order valence-corrected chi connectivity index (χ2v) is 6.57. The van der Waals surface area contributed by atoms with E-state index >= 15 is 0 Å². The summed E-state index contributed by atoms with van der Waals surface area (Å²) in [6.45, 7) is 3.85. The number of carboxylic acid groups (broad SMARTS) is 1. The number of carbonyl (C=O) groups excluding carboxylic acids is 1. The van der Waals surface area contributed by atoms with E-state index in [4.69, 9.17) is 5.11 Å². The van der Waals surface area contributed by atoms with Crippen LogP contribution < -0.4 is 5.32 Å². The molecule has 2 N–H and O–H groups in total. The molecule has 1 amide bonds. The van der Waals surface area contributed by atoms with E-state index in [0.717, 1.165) is 22.5 Å². The lowest BCUT2D eigenvalue weighted by Gasteiger charge is -2.08. The number of nitrogens with zero attached hydrogens (tertiary/aromatic N) is 2. The topological polar surface area (TPSA) is 84.2 Å². The first-order valence-electron chi connectivity index (χ1n) is 7.54. The summed E-state index contributed by atoms with van der Waals surface area (Å²) < 4.78 is 1.78. The van der Waals surface area contributed by atoms with Crippen molar-refractivity contribution >= 4 is 29.3 Å². The Bertz CT molecular complexity index is 756. The molecule has 0 bridgehead atoms. The predicted molar refractivity (Wildman–Crippen MR) is 95.3 cm³/mol. The molecule has 1 aromatic carbocycles. The number of aromatic nitrogens is 2. The molecule has 0 aliphatic rings. The number of carboxylic acids is 1. The Morgan fingerprint density at radius 1 is 1.33 bits per heavy atom. The lowest BCUT2D eigenvalue weighted by molar-refractivity contribution is -0.133. The molecule has 2 rings (SSSR count). The molecule has 0 fully saturated rings. The normalized spacial score (nSPS) is 10.6. The maximum Gasteiger partial charge on any atom is 0.313 e. The van der Waals surface area contributed by atoms with Gasteiger partial charge in [-0.1, -0.05) is 12.1 Å².